The highest BCUT2D eigenvalue weighted by Crippen LogP contribution is 2.58. The van der Waals surface area contributed by atoms with E-state index in [1.54, 1.807) is 6.08 Å². The molecule has 0 spiro atoms. The second kappa shape index (κ2) is 13.7. The summed E-state index contributed by atoms with van der Waals surface area (Å²) >= 11 is 0. The number of fused-ring (bicyclic) bond motifs is 5. The van der Waals surface area contributed by atoms with Crippen LogP contribution in [0.25, 0.3) is 0 Å². The molecule has 13 heteroatoms. The molecule has 0 aromatic heterocycles. The van der Waals surface area contributed by atoms with Gasteiger partial charge >= 0.3 is 23.9 Å². The van der Waals surface area contributed by atoms with Crippen LogP contribution in [0.1, 0.15) is 65.7 Å². The van der Waals surface area contributed by atoms with Crippen LogP contribution >= 0.6 is 0 Å². The molecule has 3 saturated carbocycles. The Morgan fingerprint density at radius 1 is 0.844 bits per heavy atom. The van der Waals surface area contributed by atoms with Crippen LogP contribution in [-0.4, -0.2) is 91.1 Å². The molecule has 0 radical (unpaired) electrons. The van der Waals surface area contributed by atoms with Crippen molar-refractivity contribution in [2.24, 2.45) is 35.5 Å². The Kier molecular flexibility index (Phi) is 10.1. The maximum atomic E-state index is 13.7. The van der Waals surface area contributed by atoms with Crippen molar-refractivity contribution in [1.29, 1.82) is 0 Å². The molecule has 0 amide bonds. The molecule has 4 aliphatic carbocycles. The number of Topliss-reactive ketones (excluding diaryl/α,β-unsaturated/α-hetero) is 1. The summed E-state index contributed by atoms with van der Waals surface area (Å²) in [5, 5.41) is 11.4. The van der Waals surface area contributed by atoms with E-state index in [9.17, 15) is 33.9 Å². The number of methoxy groups -OCH3 is 1. The van der Waals surface area contributed by atoms with Gasteiger partial charge in [-0.1, -0.05) is 5.57 Å². The van der Waals surface area contributed by atoms with Crippen molar-refractivity contribution in [1.82, 2.24) is 0 Å². The monoisotopic (exact) mass is 634 g/mol. The highest BCUT2D eigenvalue weighted by Gasteiger charge is 2.57. The number of aliphatic hydroxyl groups excluding tert-OH is 1. The Bertz CT molecular complexity index is 1240. The van der Waals surface area contributed by atoms with Gasteiger partial charge in [-0.15, -0.1) is 0 Å². The maximum absolute atomic E-state index is 13.7. The summed E-state index contributed by atoms with van der Waals surface area (Å²) in [5.41, 5.74) is 1.16. The predicted octanol–water partition coefficient (Wildman–Crippen LogP) is 1.60. The van der Waals surface area contributed by atoms with Gasteiger partial charge in [0.1, 0.15) is 6.61 Å². The van der Waals surface area contributed by atoms with E-state index in [1.165, 1.54) is 0 Å². The molecule has 45 heavy (non-hydrogen) atoms. The molecule has 0 unspecified atom stereocenters. The predicted molar refractivity (Wildman–Crippen MR) is 151 cm³/mol. The van der Waals surface area contributed by atoms with Crippen LogP contribution in [0.2, 0.25) is 0 Å². The van der Waals surface area contributed by atoms with E-state index in [1.807, 2.05) is 0 Å². The van der Waals surface area contributed by atoms with E-state index < -0.39 is 67.3 Å². The fraction of sp³-hybridized carbons (Fsp3) is 0.750. The number of aliphatic hydroxyl groups is 1. The third-order valence-corrected chi connectivity index (χ3v) is 10.3. The van der Waals surface area contributed by atoms with Crippen molar-refractivity contribution in [2.75, 3.05) is 13.7 Å². The van der Waals surface area contributed by atoms with Crippen LogP contribution in [-0.2, 0) is 57.2 Å². The van der Waals surface area contributed by atoms with Gasteiger partial charge in [-0.05, 0) is 74.2 Å². The van der Waals surface area contributed by atoms with E-state index in [0.717, 1.165) is 59.1 Å². The lowest BCUT2D eigenvalue weighted by Crippen LogP contribution is -2.64. The highest BCUT2D eigenvalue weighted by molar-refractivity contribution is 5.91. The number of esters is 4. The maximum Gasteiger partial charge on any atom is 0.339 e. The number of hydrogen-bond donors (Lipinski definition) is 1. The molecule has 5 aliphatic rings. The second-order valence-corrected chi connectivity index (χ2v) is 12.9. The molecule has 1 heterocycles. The van der Waals surface area contributed by atoms with Gasteiger partial charge in [-0.25, -0.2) is 4.79 Å². The van der Waals surface area contributed by atoms with Crippen molar-refractivity contribution in [3.8, 4) is 0 Å². The highest BCUT2D eigenvalue weighted by atomic mass is 16.7. The summed E-state index contributed by atoms with van der Waals surface area (Å²) in [4.78, 5) is 74.3. The standard InChI is InChI=1S/C32H42O13/c1-14(33)42-27-28(43-15(2)34)30(44-16(3)35)32(45-29(27)31(39)40-4)41-13-25(38)21-10-9-20-22-7-5-17-11-18(36)6-8-19(17)26(22)24(37)12-23(20)21/h11,19-24,26-30,32,37H,5-10,12-13H2,1-4H3/t19-,20-,21-,22+,23+,24+,26+,27-,28-,29-,30+,32+/m1/s1. The van der Waals surface area contributed by atoms with E-state index in [-0.39, 0.29) is 47.1 Å². The Morgan fingerprint density at radius 2 is 1.51 bits per heavy atom. The lowest BCUT2D eigenvalue weighted by atomic mass is 9.54. The summed E-state index contributed by atoms with van der Waals surface area (Å²) in [6.07, 6.45) is -1.52. The number of rotatable bonds is 8. The Morgan fingerprint density at radius 3 is 2.18 bits per heavy atom. The molecular weight excluding hydrogens is 592 g/mol. The average molecular weight is 635 g/mol. The average Bonchev–Trinajstić information content (AvgIpc) is 3.40. The summed E-state index contributed by atoms with van der Waals surface area (Å²) in [5.74, 6) is -3.03. The Balaban J connectivity index is 1.31. The lowest BCUT2D eigenvalue weighted by Gasteiger charge is -2.51. The summed E-state index contributed by atoms with van der Waals surface area (Å²) in [6.45, 7) is 2.82. The summed E-state index contributed by atoms with van der Waals surface area (Å²) in [6, 6.07) is 0. The fourth-order valence-electron chi connectivity index (χ4n) is 8.73. The third-order valence-electron chi connectivity index (χ3n) is 10.3. The van der Waals surface area contributed by atoms with E-state index >= 15 is 0 Å². The van der Waals surface area contributed by atoms with Crippen LogP contribution in [0.4, 0.5) is 0 Å². The van der Waals surface area contributed by atoms with Gasteiger partial charge in [0.15, 0.2) is 42.3 Å². The largest absolute Gasteiger partial charge is 0.467 e. The topological polar surface area (TPSA) is 178 Å². The number of ketones is 2. The van der Waals surface area contributed by atoms with Crippen LogP contribution < -0.4 is 0 Å². The molecule has 0 bridgehead atoms. The fourth-order valence-corrected chi connectivity index (χ4v) is 8.73. The third kappa shape index (κ3) is 6.85. The van der Waals surface area contributed by atoms with Gasteiger partial charge in [0, 0.05) is 33.1 Å². The molecule has 248 valence electrons. The molecule has 0 aromatic carbocycles. The lowest BCUT2D eigenvalue weighted by molar-refractivity contribution is -0.300. The minimum atomic E-state index is -1.61. The van der Waals surface area contributed by atoms with Gasteiger partial charge in [0.25, 0.3) is 0 Å². The Labute approximate surface area is 261 Å². The zero-order valence-corrected chi connectivity index (χ0v) is 26.0. The molecule has 12 atom stereocenters. The first-order chi connectivity index (χ1) is 21.4. The van der Waals surface area contributed by atoms with Gasteiger partial charge in [0.2, 0.25) is 0 Å². The number of allylic oxidation sites excluding steroid dienone is 1. The van der Waals surface area contributed by atoms with Crippen molar-refractivity contribution >= 4 is 35.4 Å². The quantitative estimate of drug-likeness (QED) is 0.301. The molecule has 1 saturated heterocycles. The number of ether oxygens (including phenoxy) is 6. The van der Waals surface area contributed by atoms with E-state index in [4.69, 9.17) is 28.4 Å². The molecule has 13 nitrogen and oxygen atoms in total. The molecular formula is C32H42O13. The van der Waals surface area contributed by atoms with Crippen LogP contribution in [0.15, 0.2) is 11.6 Å². The van der Waals surface area contributed by atoms with E-state index in [2.05, 4.69) is 0 Å². The summed E-state index contributed by atoms with van der Waals surface area (Å²) < 4.78 is 32.4. The number of hydrogen-bond acceptors (Lipinski definition) is 13. The van der Waals surface area contributed by atoms with Crippen LogP contribution in [0.5, 0.6) is 0 Å². The Hall–Kier alpha value is -3.16. The first-order valence-corrected chi connectivity index (χ1v) is 15.7. The number of carbonyl (C=O) groups excluding carboxylic acids is 6. The van der Waals surface area contributed by atoms with Crippen molar-refractivity contribution < 1.29 is 62.3 Å². The van der Waals surface area contributed by atoms with E-state index in [0.29, 0.717) is 19.3 Å². The van der Waals surface area contributed by atoms with Gasteiger partial charge < -0.3 is 33.5 Å². The first kappa shape index (κ1) is 33.2. The van der Waals surface area contributed by atoms with Crippen molar-refractivity contribution in [2.45, 2.75) is 103 Å². The zero-order valence-electron chi connectivity index (χ0n) is 26.0. The SMILES string of the molecule is COC(=O)[C@@H]1O[C@H](OCC(=O)[C@@H]2CC[C@@H]3[C@@H]4CCC5=CC(=O)CC[C@H]5[C@@H]4[C@@H](O)C[C@@H]32)[C@@H](OC(C)=O)[C@H](OC(C)=O)[C@H]1OC(C)=O. The molecule has 4 fully saturated rings. The normalized spacial score (nSPS) is 38.9. The van der Waals surface area contributed by atoms with Gasteiger partial charge in [0.05, 0.1) is 13.2 Å². The minimum Gasteiger partial charge on any atom is -0.467 e. The number of carbonyl (C=O) groups is 6. The minimum absolute atomic E-state index is 0.0328. The van der Waals surface area contributed by atoms with Gasteiger partial charge in [-0.3, -0.25) is 24.0 Å². The molecule has 1 aliphatic heterocycles. The molecule has 0 aromatic rings. The van der Waals surface area contributed by atoms with Crippen LogP contribution in [0, 0.1) is 35.5 Å². The van der Waals surface area contributed by atoms with Crippen molar-refractivity contribution in [3.05, 3.63) is 11.6 Å². The molecule has 1 N–H and O–H groups in total. The van der Waals surface area contributed by atoms with Gasteiger partial charge in [-0.2, -0.15) is 0 Å². The van der Waals surface area contributed by atoms with Crippen LogP contribution in [0.3, 0.4) is 0 Å². The summed E-state index contributed by atoms with van der Waals surface area (Å²) in [7, 11) is 1.09. The zero-order chi connectivity index (χ0) is 32.6. The van der Waals surface area contributed by atoms with Crippen molar-refractivity contribution in [3.63, 3.8) is 0 Å². The first-order valence-electron chi connectivity index (χ1n) is 15.7. The smallest absolute Gasteiger partial charge is 0.339 e. The molecule has 5 rings (SSSR count). The second-order valence-electron chi connectivity index (χ2n) is 12.9.